The van der Waals surface area contributed by atoms with Crippen molar-refractivity contribution in [3.63, 3.8) is 0 Å². The van der Waals surface area contributed by atoms with E-state index in [0.717, 1.165) is 12.1 Å². The second-order valence-corrected chi connectivity index (χ2v) is 5.58. The minimum absolute atomic E-state index is 0.0311. The molecule has 0 aliphatic heterocycles. The molecule has 3 aromatic rings. The Hall–Kier alpha value is -3.08. The quantitative estimate of drug-likeness (QED) is 0.759. The molecule has 5 nitrogen and oxygen atoms in total. The van der Waals surface area contributed by atoms with Gasteiger partial charge in [-0.05, 0) is 36.6 Å². The first-order valence-electron chi connectivity index (χ1n) is 7.82. The van der Waals surface area contributed by atoms with Crippen molar-refractivity contribution >= 4 is 5.91 Å². The van der Waals surface area contributed by atoms with E-state index in [1.807, 2.05) is 61.5 Å². The Labute approximate surface area is 140 Å². The molecule has 0 radical (unpaired) electrons. The molecule has 2 N–H and O–H groups in total. The van der Waals surface area contributed by atoms with Gasteiger partial charge in [-0.2, -0.15) is 5.10 Å². The summed E-state index contributed by atoms with van der Waals surface area (Å²) in [5.41, 5.74) is 3.20. The third kappa shape index (κ3) is 3.46. The lowest BCUT2D eigenvalue weighted by Gasteiger charge is -2.06. The van der Waals surface area contributed by atoms with Crippen molar-refractivity contribution in [2.45, 2.75) is 13.3 Å². The number of aromatic hydroxyl groups is 1. The van der Waals surface area contributed by atoms with Gasteiger partial charge in [-0.15, -0.1) is 0 Å². The van der Waals surface area contributed by atoms with Gasteiger partial charge in [-0.3, -0.25) is 4.79 Å². The fraction of sp³-hybridized carbons (Fsp3) is 0.158. The van der Waals surface area contributed by atoms with Crippen LogP contribution < -0.4 is 5.32 Å². The standard InChI is InChI=1S/C19H19N3O2/c1-14-7-5-6-8-15(14)11-12-20-19(24)18-17(23)13-22(21-18)16-9-3-2-4-10-16/h2-10,13,23H,11-12H2,1H3,(H,20,24). The molecule has 1 aromatic heterocycles. The summed E-state index contributed by atoms with van der Waals surface area (Å²) in [6, 6.07) is 17.4. The average molecular weight is 321 g/mol. The van der Waals surface area contributed by atoms with E-state index in [1.54, 1.807) is 0 Å². The number of aryl methyl sites for hydroxylation is 1. The summed E-state index contributed by atoms with van der Waals surface area (Å²) in [6.45, 7) is 2.53. The average Bonchev–Trinajstić information content (AvgIpc) is 2.99. The molecule has 1 heterocycles. The third-order valence-corrected chi connectivity index (χ3v) is 3.87. The number of benzene rings is 2. The Kier molecular flexibility index (Phi) is 4.61. The Bertz CT molecular complexity index is 841. The largest absolute Gasteiger partial charge is 0.504 e. The number of amides is 1. The van der Waals surface area contributed by atoms with Gasteiger partial charge in [-0.25, -0.2) is 4.68 Å². The summed E-state index contributed by atoms with van der Waals surface area (Å²) < 4.78 is 1.49. The van der Waals surface area contributed by atoms with Crippen molar-refractivity contribution < 1.29 is 9.90 Å². The van der Waals surface area contributed by atoms with Gasteiger partial charge in [0, 0.05) is 6.54 Å². The van der Waals surface area contributed by atoms with Crippen LogP contribution in [0.25, 0.3) is 5.69 Å². The molecule has 0 saturated heterocycles. The molecule has 3 rings (SSSR count). The van der Waals surface area contributed by atoms with Gasteiger partial charge in [0.1, 0.15) is 0 Å². The minimum Gasteiger partial charge on any atom is -0.504 e. The number of carbonyl (C=O) groups is 1. The first kappa shape index (κ1) is 15.8. The van der Waals surface area contributed by atoms with Gasteiger partial charge in [0.25, 0.3) is 5.91 Å². The molecule has 0 unspecified atom stereocenters. The van der Waals surface area contributed by atoms with E-state index in [0.29, 0.717) is 6.54 Å². The highest BCUT2D eigenvalue weighted by Crippen LogP contribution is 2.18. The molecular formula is C19H19N3O2. The van der Waals surface area contributed by atoms with Gasteiger partial charge in [0.2, 0.25) is 0 Å². The molecule has 0 aliphatic rings. The van der Waals surface area contributed by atoms with E-state index < -0.39 is 0 Å². The monoisotopic (exact) mass is 321 g/mol. The maximum atomic E-state index is 12.2. The zero-order chi connectivity index (χ0) is 16.9. The zero-order valence-corrected chi connectivity index (χ0v) is 13.4. The summed E-state index contributed by atoms with van der Waals surface area (Å²) in [7, 11) is 0. The Morgan fingerprint density at radius 1 is 1.12 bits per heavy atom. The molecule has 0 saturated carbocycles. The normalized spacial score (nSPS) is 10.5. The highest BCUT2D eigenvalue weighted by molar-refractivity contribution is 5.94. The van der Waals surface area contributed by atoms with E-state index in [2.05, 4.69) is 10.4 Å². The number of hydrogen-bond acceptors (Lipinski definition) is 3. The van der Waals surface area contributed by atoms with Crippen LogP contribution in [-0.2, 0) is 6.42 Å². The summed E-state index contributed by atoms with van der Waals surface area (Å²) >= 11 is 0. The van der Waals surface area contributed by atoms with Gasteiger partial charge >= 0.3 is 0 Å². The Balaban J connectivity index is 1.65. The lowest BCUT2D eigenvalue weighted by molar-refractivity contribution is 0.0946. The minimum atomic E-state index is -0.379. The fourth-order valence-electron chi connectivity index (χ4n) is 2.52. The molecule has 0 spiro atoms. The van der Waals surface area contributed by atoms with Gasteiger partial charge in [0.05, 0.1) is 11.9 Å². The number of para-hydroxylation sites is 1. The number of rotatable bonds is 5. The zero-order valence-electron chi connectivity index (χ0n) is 13.4. The first-order valence-corrected chi connectivity index (χ1v) is 7.82. The number of nitrogens with one attached hydrogen (secondary N) is 1. The summed E-state index contributed by atoms with van der Waals surface area (Å²) in [5, 5.41) is 17.0. The highest BCUT2D eigenvalue weighted by Gasteiger charge is 2.16. The second kappa shape index (κ2) is 7.00. The number of hydrogen-bond donors (Lipinski definition) is 2. The van der Waals surface area contributed by atoms with Crippen LogP contribution in [0, 0.1) is 6.92 Å². The van der Waals surface area contributed by atoms with E-state index in [1.165, 1.54) is 22.0 Å². The fourth-order valence-corrected chi connectivity index (χ4v) is 2.52. The highest BCUT2D eigenvalue weighted by atomic mass is 16.3. The summed E-state index contributed by atoms with van der Waals surface area (Å²) in [5.74, 6) is -0.511. The van der Waals surface area contributed by atoms with Crippen LogP contribution >= 0.6 is 0 Å². The van der Waals surface area contributed by atoms with Crippen LogP contribution in [0.15, 0.2) is 60.8 Å². The van der Waals surface area contributed by atoms with Crippen LogP contribution in [-0.4, -0.2) is 27.3 Å². The van der Waals surface area contributed by atoms with Crippen LogP contribution in [0.4, 0.5) is 0 Å². The maximum absolute atomic E-state index is 12.2. The van der Waals surface area contributed by atoms with Crippen molar-refractivity contribution in [2.75, 3.05) is 6.54 Å². The predicted octanol–water partition coefficient (Wildman–Crippen LogP) is 2.86. The molecule has 2 aromatic carbocycles. The predicted molar refractivity (Wildman–Crippen MR) is 92.4 cm³/mol. The van der Waals surface area contributed by atoms with Crippen LogP contribution in [0.5, 0.6) is 5.75 Å². The van der Waals surface area contributed by atoms with Crippen molar-refractivity contribution in [1.29, 1.82) is 0 Å². The van der Waals surface area contributed by atoms with Crippen molar-refractivity contribution in [3.05, 3.63) is 77.6 Å². The number of nitrogens with zero attached hydrogens (tertiary/aromatic N) is 2. The summed E-state index contributed by atoms with van der Waals surface area (Å²) in [4.78, 5) is 12.2. The number of carbonyl (C=O) groups excluding carboxylic acids is 1. The molecule has 122 valence electrons. The van der Waals surface area contributed by atoms with Gasteiger partial charge in [0.15, 0.2) is 11.4 Å². The molecule has 5 heteroatoms. The topological polar surface area (TPSA) is 67.2 Å². The third-order valence-electron chi connectivity index (χ3n) is 3.87. The van der Waals surface area contributed by atoms with E-state index >= 15 is 0 Å². The van der Waals surface area contributed by atoms with Gasteiger partial charge < -0.3 is 10.4 Å². The lowest BCUT2D eigenvalue weighted by Crippen LogP contribution is -2.26. The Morgan fingerprint density at radius 2 is 1.83 bits per heavy atom. The molecule has 0 aliphatic carbocycles. The van der Waals surface area contributed by atoms with E-state index in [9.17, 15) is 9.90 Å². The van der Waals surface area contributed by atoms with Crippen molar-refractivity contribution in [3.8, 4) is 11.4 Å². The molecule has 1 amide bonds. The molecular weight excluding hydrogens is 302 g/mol. The van der Waals surface area contributed by atoms with E-state index in [-0.39, 0.29) is 17.4 Å². The SMILES string of the molecule is Cc1ccccc1CCNC(=O)c1nn(-c2ccccc2)cc1O. The van der Waals surface area contributed by atoms with Crippen molar-refractivity contribution in [2.24, 2.45) is 0 Å². The lowest BCUT2D eigenvalue weighted by atomic mass is 10.1. The first-order chi connectivity index (χ1) is 11.6. The number of aromatic nitrogens is 2. The maximum Gasteiger partial charge on any atom is 0.275 e. The second-order valence-electron chi connectivity index (χ2n) is 5.58. The van der Waals surface area contributed by atoms with Gasteiger partial charge in [-0.1, -0.05) is 42.5 Å². The van der Waals surface area contributed by atoms with Crippen LogP contribution in [0.1, 0.15) is 21.6 Å². The smallest absolute Gasteiger partial charge is 0.275 e. The molecule has 24 heavy (non-hydrogen) atoms. The molecule has 0 atom stereocenters. The Morgan fingerprint density at radius 3 is 2.58 bits per heavy atom. The molecule has 0 fully saturated rings. The van der Waals surface area contributed by atoms with E-state index in [4.69, 9.17) is 0 Å². The van der Waals surface area contributed by atoms with Crippen LogP contribution in [0.3, 0.4) is 0 Å². The van der Waals surface area contributed by atoms with Crippen molar-refractivity contribution in [1.82, 2.24) is 15.1 Å². The molecule has 0 bridgehead atoms. The van der Waals surface area contributed by atoms with Crippen LogP contribution in [0.2, 0.25) is 0 Å². The summed E-state index contributed by atoms with van der Waals surface area (Å²) in [6.07, 6.45) is 2.17.